The third-order valence-electron chi connectivity index (χ3n) is 5.30. The Morgan fingerprint density at radius 1 is 0.958 bits per heavy atom. The second-order valence-corrected chi connectivity index (χ2v) is 9.66. The number of phenolic OH excluding ortho intramolecular Hbond substituents is 1. The average molecular weight is 334 g/mol. The molecule has 0 aliphatic heterocycles. The van der Waals surface area contributed by atoms with Gasteiger partial charge >= 0.3 is 0 Å². The molecule has 1 N–H and O–H groups in total. The van der Waals surface area contributed by atoms with Crippen molar-refractivity contribution in [2.75, 3.05) is 14.1 Å². The van der Waals surface area contributed by atoms with Crippen LogP contribution >= 0.6 is 0 Å². The molecular weight excluding hydrogens is 294 g/mol. The number of nitrogens with zero attached hydrogens (tertiary/aromatic N) is 1. The van der Waals surface area contributed by atoms with Crippen molar-refractivity contribution in [1.82, 2.24) is 4.90 Å². The van der Waals surface area contributed by atoms with E-state index < -0.39 is 0 Å². The van der Waals surface area contributed by atoms with Gasteiger partial charge in [-0.1, -0.05) is 59.7 Å². The second-order valence-electron chi connectivity index (χ2n) is 9.66. The van der Waals surface area contributed by atoms with Gasteiger partial charge in [-0.25, -0.2) is 0 Å². The minimum atomic E-state index is 0.310. The summed E-state index contributed by atoms with van der Waals surface area (Å²) in [5, 5.41) is 9.93. The van der Waals surface area contributed by atoms with Gasteiger partial charge in [0.05, 0.1) is 0 Å². The lowest BCUT2D eigenvalue weighted by Gasteiger charge is -2.44. The smallest absolute Gasteiger partial charge is 0.118 e. The van der Waals surface area contributed by atoms with E-state index in [0.29, 0.717) is 28.5 Å². The topological polar surface area (TPSA) is 23.5 Å². The predicted octanol–water partition coefficient (Wildman–Crippen LogP) is 5.74. The molecule has 0 amide bonds. The van der Waals surface area contributed by atoms with E-state index in [1.807, 2.05) is 18.2 Å². The Morgan fingerprint density at radius 3 is 1.96 bits per heavy atom. The van der Waals surface area contributed by atoms with Crippen molar-refractivity contribution in [2.45, 2.75) is 73.3 Å². The summed E-state index contributed by atoms with van der Waals surface area (Å²) in [5.41, 5.74) is 1.69. The molecule has 0 saturated heterocycles. The number of aryl methyl sites for hydroxylation is 1. The van der Waals surface area contributed by atoms with Gasteiger partial charge in [-0.15, -0.1) is 0 Å². The molecule has 0 aliphatic rings. The number of para-hydroxylation sites is 1. The molecule has 0 fully saturated rings. The lowest BCUT2D eigenvalue weighted by atomic mass is 9.64. The first-order valence-electron chi connectivity index (χ1n) is 9.36. The molecule has 0 aliphatic carbocycles. The summed E-state index contributed by atoms with van der Waals surface area (Å²) in [6, 6.07) is 8.30. The van der Waals surface area contributed by atoms with E-state index in [-0.39, 0.29) is 0 Å². The monoisotopic (exact) mass is 333 g/mol. The van der Waals surface area contributed by atoms with Crippen LogP contribution < -0.4 is 0 Å². The third kappa shape index (κ3) is 6.47. The van der Waals surface area contributed by atoms with Gasteiger partial charge < -0.3 is 10.0 Å². The van der Waals surface area contributed by atoms with Crippen molar-refractivity contribution in [1.29, 1.82) is 0 Å². The van der Waals surface area contributed by atoms with Crippen molar-refractivity contribution in [3.05, 3.63) is 29.8 Å². The molecule has 0 saturated carbocycles. The fraction of sp³-hybridized carbons (Fsp3) is 0.727. The molecule has 1 unspecified atom stereocenters. The summed E-state index contributed by atoms with van der Waals surface area (Å²) in [4.78, 5) is 2.38. The first kappa shape index (κ1) is 21.0. The maximum Gasteiger partial charge on any atom is 0.118 e. The number of hydrogen-bond acceptors (Lipinski definition) is 2. The first-order chi connectivity index (χ1) is 10.9. The zero-order valence-electron chi connectivity index (χ0n) is 17.2. The molecule has 2 heteroatoms. The molecule has 138 valence electrons. The molecule has 0 radical (unpaired) electrons. The third-order valence-corrected chi connectivity index (χ3v) is 5.30. The minimum Gasteiger partial charge on any atom is -0.508 e. The first-order valence-corrected chi connectivity index (χ1v) is 9.36. The Morgan fingerprint density at radius 2 is 1.50 bits per heavy atom. The highest BCUT2D eigenvalue weighted by molar-refractivity contribution is 5.31. The SMILES string of the molecule is CN(C)C(CCCc1ccccc1O)CC(C(C)(C)C)C(C)(C)C. The molecule has 1 aromatic carbocycles. The highest BCUT2D eigenvalue weighted by Gasteiger charge is 2.36. The van der Waals surface area contributed by atoms with Crippen molar-refractivity contribution in [2.24, 2.45) is 16.7 Å². The quantitative estimate of drug-likeness (QED) is 0.687. The highest BCUT2D eigenvalue weighted by Crippen LogP contribution is 2.43. The molecule has 0 bridgehead atoms. The highest BCUT2D eigenvalue weighted by atomic mass is 16.3. The number of aromatic hydroxyl groups is 1. The van der Waals surface area contributed by atoms with Crippen LogP contribution in [0.5, 0.6) is 5.75 Å². The van der Waals surface area contributed by atoms with E-state index in [1.165, 1.54) is 12.8 Å². The second kappa shape index (κ2) is 8.38. The number of phenols is 1. The van der Waals surface area contributed by atoms with Crippen LogP contribution in [0.4, 0.5) is 0 Å². The van der Waals surface area contributed by atoms with E-state index in [0.717, 1.165) is 18.4 Å². The van der Waals surface area contributed by atoms with Gasteiger partial charge in [-0.05, 0) is 68.2 Å². The zero-order chi connectivity index (χ0) is 18.5. The van der Waals surface area contributed by atoms with Gasteiger partial charge in [0.25, 0.3) is 0 Å². The Labute approximate surface area is 150 Å². The van der Waals surface area contributed by atoms with Crippen molar-refractivity contribution in [3.8, 4) is 5.75 Å². The summed E-state index contributed by atoms with van der Waals surface area (Å²) in [5.74, 6) is 1.10. The van der Waals surface area contributed by atoms with Gasteiger partial charge in [0.2, 0.25) is 0 Å². The summed E-state index contributed by atoms with van der Waals surface area (Å²) in [6.45, 7) is 14.2. The Hall–Kier alpha value is -1.02. The molecular formula is C22H39NO. The van der Waals surface area contributed by atoms with Gasteiger partial charge in [0.15, 0.2) is 0 Å². The maximum absolute atomic E-state index is 9.93. The fourth-order valence-corrected chi connectivity index (χ4v) is 4.12. The van der Waals surface area contributed by atoms with Crippen LogP contribution in [-0.2, 0) is 6.42 Å². The normalized spacial score (nSPS) is 14.4. The van der Waals surface area contributed by atoms with Crippen LogP contribution in [0.2, 0.25) is 0 Å². The van der Waals surface area contributed by atoms with Crippen molar-refractivity contribution >= 4 is 0 Å². The summed E-state index contributed by atoms with van der Waals surface area (Å²) < 4.78 is 0. The predicted molar refractivity (Wildman–Crippen MR) is 106 cm³/mol. The van der Waals surface area contributed by atoms with Crippen molar-refractivity contribution < 1.29 is 5.11 Å². The molecule has 1 rings (SSSR count). The summed E-state index contributed by atoms with van der Waals surface area (Å²) in [7, 11) is 4.40. The van der Waals surface area contributed by atoms with Gasteiger partial charge in [0.1, 0.15) is 5.75 Å². The Bertz CT molecular complexity index is 479. The van der Waals surface area contributed by atoms with Gasteiger partial charge in [-0.2, -0.15) is 0 Å². The van der Waals surface area contributed by atoms with Crippen LogP contribution in [0.3, 0.4) is 0 Å². The Balaban J connectivity index is 2.71. The van der Waals surface area contributed by atoms with Crippen molar-refractivity contribution in [3.63, 3.8) is 0 Å². The molecule has 0 heterocycles. The van der Waals surface area contributed by atoms with Crippen LogP contribution in [0, 0.1) is 16.7 Å². The fourth-order valence-electron chi connectivity index (χ4n) is 4.12. The molecule has 2 nitrogen and oxygen atoms in total. The summed E-state index contributed by atoms with van der Waals surface area (Å²) >= 11 is 0. The van der Waals surface area contributed by atoms with Gasteiger partial charge in [0, 0.05) is 6.04 Å². The largest absolute Gasteiger partial charge is 0.508 e. The lowest BCUT2D eigenvalue weighted by molar-refractivity contribution is 0.0621. The van der Waals surface area contributed by atoms with E-state index >= 15 is 0 Å². The Kier molecular flexibility index (Phi) is 7.34. The lowest BCUT2D eigenvalue weighted by Crippen LogP contribution is -2.39. The molecule has 24 heavy (non-hydrogen) atoms. The standard InChI is InChI=1S/C22H39NO/c1-21(2,3)20(22(4,5)6)16-18(23(7)8)14-11-13-17-12-9-10-15-19(17)24/h9-10,12,15,18,20,24H,11,13-14,16H2,1-8H3. The molecule has 0 spiro atoms. The van der Waals surface area contributed by atoms with E-state index in [4.69, 9.17) is 0 Å². The maximum atomic E-state index is 9.93. The zero-order valence-corrected chi connectivity index (χ0v) is 17.2. The molecule has 1 atom stereocenters. The van der Waals surface area contributed by atoms with Crippen LogP contribution in [-0.4, -0.2) is 30.1 Å². The number of hydrogen-bond donors (Lipinski definition) is 1. The number of benzene rings is 1. The minimum absolute atomic E-state index is 0.310. The average Bonchev–Trinajstić information content (AvgIpc) is 2.41. The molecule has 1 aromatic rings. The molecule has 0 aromatic heterocycles. The van der Waals surface area contributed by atoms with Crippen LogP contribution in [0.15, 0.2) is 24.3 Å². The van der Waals surface area contributed by atoms with Crippen LogP contribution in [0.25, 0.3) is 0 Å². The van der Waals surface area contributed by atoms with E-state index in [1.54, 1.807) is 6.07 Å². The van der Waals surface area contributed by atoms with E-state index in [9.17, 15) is 5.11 Å². The van der Waals surface area contributed by atoms with Crippen LogP contribution in [0.1, 0.15) is 66.4 Å². The van der Waals surface area contributed by atoms with E-state index in [2.05, 4.69) is 60.5 Å². The van der Waals surface area contributed by atoms with Gasteiger partial charge in [-0.3, -0.25) is 0 Å². The number of rotatable bonds is 7. The summed E-state index contributed by atoms with van der Waals surface area (Å²) in [6.07, 6.45) is 4.46.